The number of aliphatic hydroxyl groups is 1. The number of primary amides is 1. The second kappa shape index (κ2) is 8.84. The molecule has 0 aliphatic heterocycles. The van der Waals surface area contributed by atoms with Gasteiger partial charge in [0.05, 0.1) is 11.8 Å². The Kier molecular flexibility index (Phi) is 5.81. The van der Waals surface area contributed by atoms with Crippen LogP contribution in [-0.4, -0.2) is 25.1 Å². The van der Waals surface area contributed by atoms with E-state index in [0.29, 0.717) is 13.0 Å². The minimum Gasteiger partial charge on any atom is -0.489 e. The van der Waals surface area contributed by atoms with Gasteiger partial charge in [-0.2, -0.15) is 0 Å². The van der Waals surface area contributed by atoms with Gasteiger partial charge in [-0.15, -0.1) is 0 Å². The zero-order chi connectivity index (χ0) is 20.9. The van der Waals surface area contributed by atoms with Crippen molar-refractivity contribution < 1.29 is 14.6 Å². The zero-order valence-electron chi connectivity index (χ0n) is 16.5. The normalized spacial score (nSPS) is 12.2. The van der Waals surface area contributed by atoms with Gasteiger partial charge in [-0.1, -0.05) is 30.3 Å². The molecule has 0 saturated heterocycles. The predicted octanol–water partition coefficient (Wildman–Crippen LogP) is 3.49. The molecule has 7 nitrogen and oxygen atoms in total. The molecule has 0 saturated carbocycles. The van der Waals surface area contributed by atoms with E-state index in [9.17, 15) is 9.90 Å². The van der Waals surface area contributed by atoms with Crippen LogP contribution in [0.1, 0.15) is 35.1 Å². The largest absolute Gasteiger partial charge is 0.489 e. The smallest absolute Gasteiger partial charge is 0.268 e. The van der Waals surface area contributed by atoms with Crippen LogP contribution in [0.2, 0.25) is 0 Å². The van der Waals surface area contributed by atoms with E-state index in [4.69, 9.17) is 10.5 Å². The lowest BCUT2D eigenvalue weighted by molar-refractivity contribution is 0.0905. The molecule has 0 fully saturated rings. The van der Waals surface area contributed by atoms with Gasteiger partial charge in [0, 0.05) is 25.0 Å². The summed E-state index contributed by atoms with van der Waals surface area (Å²) in [5.41, 5.74) is 7.57. The van der Waals surface area contributed by atoms with Crippen LogP contribution >= 0.6 is 0 Å². The highest BCUT2D eigenvalue weighted by atomic mass is 16.5. The SMILES string of the molecule is NC(=O)c1cn([C@H](O)CCCn2ccc3ccc(OCc4ccccc4)cc32)cn1. The fourth-order valence-corrected chi connectivity index (χ4v) is 3.41. The van der Waals surface area contributed by atoms with Crippen LogP contribution < -0.4 is 10.5 Å². The van der Waals surface area contributed by atoms with Crippen molar-refractivity contribution >= 4 is 16.8 Å². The van der Waals surface area contributed by atoms with Gasteiger partial charge in [-0.3, -0.25) is 4.79 Å². The van der Waals surface area contributed by atoms with Gasteiger partial charge in [0.25, 0.3) is 5.91 Å². The van der Waals surface area contributed by atoms with Crippen molar-refractivity contribution in [1.82, 2.24) is 14.1 Å². The van der Waals surface area contributed by atoms with E-state index in [0.717, 1.165) is 35.2 Å². The van der Waals surface area contributed by atoms with Crippen molar-refractivity contribution in [3.63, 3.8) is 0 Å². The number of aromatic nitrogens is 3. The summed E-state index contributed by atoms with van der Waals surface area (Å²) in [6.07, 6.45) is 5.46. The van der Waals surface area contributed by atoms with E-state index in [2.05, 4.69) is 21.7 Å². The summed E-state index contributed by atoms with van der Waals surface area (Å²) in [4.78, 5) is 15.0. The van der Waals surface area contributed by atoms with Crippen LogP contribution in [-0.2, 0) is 13.2 Å². The monoisotopic (exact) mass is 404 g/mol. The number of rotatable bonds is 9. The third-order valence-electron chi connectivity index (χ3n) is 5.05. The topological polar surface area (TPSA) is 95.3 Å². The summed E-state index contributed by atoms with van der Waals surface area (Å²) in [5.74, 6) is 0.216. The first-order chi connectivity index (χ1) is 14.6. The van der Waals surface area contributed by atoms with Gasteiger partial charge in [-0.05, 0) is 42.0 Å². The number of amides is 1. The lowest BCUT2D eigenvalue weighted by Gasteiger charge is -2.13. The molecule has 2 aromatic carbocycles. The van der Waals surface area contributed by atoms with E-state index >= 15 is 0 Å². The van der Waals surface area contributed by atoms with Crippen molar-refractivity contribution in [1.29, 1.82) is 0 Å². The number of aliphatic hydroxyl groups excluding tert-OH is 1. The highest BCUT2D eigenvalue weighted by molar-refractivity contribution is 5.90. The Hall–Kier alpha value is -3.58. The molecule has 7 heteroatoms. The Morgan fingerprint density at radius 3 is 2.77 bits per heavy atom. The number of nitrogens with two attached hydrogens (primary N) is 1. The number of carbonyl (C=O) groups excluding carboxylic acids is 1. The van der Waals surface area contributed by atoms with Gasteiger partial charge in [0.15, 0.2) is 0 Å². The molecule has 154 valence electrons. The van der Waals surface area contributed by atoms with Gasteiger partial charge >= 0.3 is 0 Å². The second-order valence-electron chi connectivity index (χ2n) is 7.20. The molecule has 4 rings (SSSR count). The number of nitrogens with zero attached hydrogens (tertiary/aromatic N) is 3. The van der Waals surface area contributed by atoms with Crippen LogP contribution in [0, 0.1) is 0 Å². The second-order valence-corrected chi connectivity index (χ2v) is 7.20. The maximum atomic E-state index is 11.1. The first-order valence-corrected chi connectivity index (χ1v) is 9.87. The number of benzene rings is 2. The molecule has 0 spiro atoms. The molecule has 4 aromatic rings. The molecule has 2 heterocycles. The first kappa shape index (κ1) is 19.7. The van der Waals surface area contributed by atoms with Gasteiger partial charge in [0.2, 0.25) is 0 Å². The summed E-state index contributed by atoms with van der Waals surface area (Å²) in [5, 5.41) is 11.5. The minimum absolute atomic E-state index is 0.147. The predicted molar refractivity (Wildman–Crippen MR) is 114 cm³/mol. The standard InChI is InChI=1S/C23H24N4O3/c24-23(29)20-14-27(16-25-20)22(28)7-4-11-26-12-10-18-8-9-19(13-21(18)26)30-15-17-5-2-1-3-6-17/h1-3,5-6,8-10,12-14,16,22,28H,4,7,11,15H2,(H2,24,29)/t22-/m1/s1. The summed E-state index contributed by atoms with van der Waals surface area (Å²) in [7, 11) is 0. The highest BCUT2D eigenvalue weighted by Crippen LogP contribution is 2.24. The lowest BCUT2D eigenvalue weighted by atomic mass is 10.2. The van der Waals surface area contributed by atoms with Crippen molar-refractivity contribution in [3.8, 4) is 5.75 Å². The Bertz CT molecular complexity index is 1130. The fraction of sp³-hybridized carbons (Fsp3) is 0.217. The van der Waals surface area contributed by atoms with E-state index < -0.39 is 12.1 Å². The number of imidazole rings is 1. The minimum atomic E-state index is -0.753. The quantitative estimate of drug-likeness (QED) is 0.446. The molecular formula is C23H24N4O3. The summed E-state index contributed by atoms with van der Waals surface area (Å²) in [6, 6.07) is 18.2. The van der Waals surface area contributed by atoms with Gasteiger partial charge in [-0.25, -0.2) is 4.98 Å². The molecule has 0 unspecified atom stereocenters. The Labute approximate surface area is 174 Å². The van der Waals surface area contributed by atoms with Gasteiger partial charge < -0.3 is 24.7 Å². The van der Waals surface area contributed by atoms with Crippen molar-refractivity contribution in [2.45, 2.75) is 32.2 Å². The fourth-order valence-electron chi connectivity index (χ4n) is 3.41. The average Bonchev–Trinajstić information content (AvgIpc) is 3.41. The molecule has 0 aliphatic carbocycles. The number of ether oxygens (including phenoxy) is 1. The molecular weight excluding hydrogens is 380 g/mol. The number of aryl methyl sites for hydroxylation is 1. The van der Waals surface area contributed by atoms with Crippen molar-refractivity contribution in [2.24, 2.45) is 5.73 Å². The van der Waals surface area contributed by atoms with Crippen LogP contribution in [0.4, 0.5) is 0 Å². The van der Waals surface area contributed by atoms with E-state index in [1.54, 1.807) is 0 Å². The number of hydrogen-bond donors (Lipinski definition) is 2. The van der Waals surface area contributed by atoms with E-state index in [1.165, 1.54) is 17.1 Å². The average molecular weight is 404 g/mol. The molecule has 0 bridgehead atoms. The molecule has 1 amide bonds. The van der Waals surface area contributed by atoms with Crippen LogP contribution in [0.3, 0.4) is 0 Å². The molecule has 0 aliphatic rings. The van der Waals surface area contributed by atoms with E-state index in [1.807, 2.05) is 48.7 Å². The first-order valence-electron chi connectivity index (χ1n) is 9.87. The third-order valence-corrected chi connectivity index (χ3v) is 5.05. The summed E-state index contributed by atoms with van der Waals surface area (Å²) < 4.78 is 9.60. The van der Waals surface area contributed by atoms with Crippen LogP contribution in [0.25, 0.3) is 10.9 Å². The maximum Gasteiger partial charge on any atom is 0.268 e. The molecule has 0 radical (unpaired) electrons. The summed E-state index contributed by atoms with van der Waals surface area (Å²) >= 11 is 0. The Balaban J connectivity index is 1.37. The number of carbonyl (C=O) groups is 1. The maximum absolute atomic E-state index is 11.1. The summed E-state index contributed by atoms with van der Waals surface area (Å²) in [6.45, 7) is 1.28. The van der Waals surface area contributed by atoms with E-state index in [-0.39, 0.29) is 5.69 Å². The number of hydrogen-bond acceptors (Lipinski definition) is 4. The molecule has 30 heavy (non-hydrogen) atoms. The number of fused-ring (bicyclic) bond motifs is 1. The molecule has 2 aromatic heterocycles. The van der Waals surface area contributed by atoms with Gasteiger partial charge in [0.1, 0.15) is 24.3 Å². The van der Waals surface area contributed by atoms with Crippen LogP contribution in [0.5, 0.6) is 5.75 Å². The lowest BCUT2D eigenvalue weighted by Crippen LogP contribution is -2.12. The highest BCUT2D eigenvalue weighted by Gasteiger charge is 2.11. The van der Waals surface area contributed by atoms with Crippen LogP contribution in [0.15, 0.2) is 73.3 Å². The van der Waals surface area contributed by atoms with Crippen molar-refractivity contribution in [3.05, 3.63) is 84.6 Å². The van der Waals surface area contributed by atoms with Crippen molar-refractivity contribution in [2.75, 3.05) is 0 Å². The Morgan fingerprint density at radius 2 is 2.00 bits per heavy atom. The molecule has 1 atom stereocenters. The Morgan fingerprint density at radius 1 is 1.17 bits per heavy atom. The third kappa shape index (κ3) is 4.52. The molecule has 3 N–H and O–H groups in total. The zero-order valence-corrected chi connectivity index (χ0v) is 16.5.